The molecule has 0 aromatic heterocycles. The minimum Gasteiger partial charge on any atom is -0.298 e. The molecule has 0 heterocycles. The summed E-state index contributed by atoms with van der Waals surface area (Å²) in [6, 6.07) is 10.4. The van der Waals surface area contributed by atoms with Crippen LogP contribution in [-0.2, 0) is 0 Å². The Bertz CT molecular complexity index is 579. The van der Waals surface area contributed by atoms with E-state index in [1.807, 2.05) is 12.1 Å². The van der Waals surface area contributed by atoms with E-state index >= 15 is 0 Å². The van der Waals surface area contributed by atoms with Crippen molar-refractivity contribution in [2.75, 3.05) is 0 Å². The first-order chi connectivity index (χ1) is 8.54. The summed E-state index contributed by atoms with van der Waals surface area (Å²) in [5.74, 6) is 0.964. The van der Waals surface area contributed by atoms with Crippen molar-refractivity contribution < 1.29 is 4.79 Å². The number of carbonyl (C=O) groups is 1. The average molecular weight is 240 g/mol. The van der Waals surface area contributed by atoms with E-state index in [4.69, 9.17) is 0 Å². The van der Waals surface area contributed by atoms with Gasteiger partial charge >= 0.3 is 0 Å². The fraction of sp³-hybridized carbons (Fsp3) is 0.353. The van der Waals surface area contributed by atoms with Gasteiger partial charge in [-0.15, -0.1) is 0 Å². The van der Waals surface area contributed by atoms with Crippen LogP contribution >= 0.6 is 0 Å². The van der Waals surface area contributed by atoms with Gasteiger partial charge in [-0.25, -0.2) is 0 Å². The zero-order valence-electron chi connectivity index (χ0n) is 11.5. The molecule has 1 heteroatoms. The van der Waals surface area contributed by atoms with Gasteiger partial charge in [0.2, 0.25) is 0 Å². The number of aldehydes is 1. The molecule has 2 aromatic rings. The highest BCUT2D eigenvalue weighted by Gasteiger charge is 2.11. The van der Waals surface area contributed by atoms with Crippen LogP contribution in [0.15, 0.2) is 30.3 Å². The number of hydrogen-bond donors (Lipinski definition) is 0. The van der Waals surface area contributed by atoms with Crippen molar-refractivity contribution in [3.05, 3.63) is 47.0 Å². The molecule has 0 radical (unpaired) electrons. The molecule has 0 bridgehead atoms. The predicted octanol–water partition coefficient (Wildman–Crippen LogP) is 4.90. The number of rotatable bonds is 3. The monoisotopic (exact) mass is 240 g/mol. The first-order valence-electron chi connectivity index (χ1n) is 6.56. The van der Waals surface area contributed by atoms with Crippen LogP contribution in [0.25, 0.3) is 10.8 Å². The second-order valence-electron chi connectivity index (χ2n) is 5.48. The molecule has 1 nitrogen and oxygen atoms in total. The molecule has 0 saturated heterocycles. The Morgan fingerprint density at radius 1 is 0.833 bits per heavy atom. The van der Waals surface area contributed by atoms with Gasteiger partial charge < -0.3 is 0 Å². The van der Waals surface area contributed by atoms with Gasteiger partial charge in [-0.05, 0) is 39.8 Å². The van der Waals surface area contributed by atoms with Crippen molar-refractivity contribution in [3.8, 4) is 0 Å². The molecule has 18 heavy (non-hydrogen) atoms. The van der Waals surface area contributed by atoms with Crippen molar-refractivity contribution >= 4 is 17.1 Å². The second kappa shape index (κ2) is 4.93. The lowest BCUT2D eigenvalue weighted by Gasteiger charge is -2.16. The lowest BCUT2D eigenvalue weighted by molar-refractivity contribution is 0.112. The first kappa shape index (κ1) is 12.8. The van der Waals surface area contributed by atoms with Crippen LogP contribution in [0.1, 0.15) is 61.0 Å². The number of carbonyl (C=O) groups excluding carboxylic acids is 1. The first-order valence-corrected chi connectivity index (χ1v) is 6.56. The molecule has 2 aromatic carbocycles. The van der Waals surface area contributed by atoms with Crippen LogP contribution in [0.3, 0.4) is 0 Å². The molecule has 0 aliphatic carbocycles. The average Bonchev–Trinajstić information content (AvgIpc) is 2.36. The molecule has 0 N–H and O–H groups in total. The maximum absolute atomic E-state index is 11.0. The zero-order valence-corrected chi connectivity index (χ0v) is 11.5. The number of benzene rings is 2. The lowest BCUT2D eigenvalue weighted by atomic mass is 9.89. The van der Waals surface area contributed by atoms with Crippen LogP contribution in [-0.4, -0.2) is 6.29 Å². The normalized spacial score (nSPS) is 11.4. The van der Waals surface area contributed by atoms with E-state index in [1.165, 1.54) is 21.9 Å². The molecule has 94 valence electrons. The quantitative estimate of drug-likeness (QED) is 0.697. The smallest absolute Gasteiger partial charge is 0.150 e. The third-order valence-electron chi connectivity index (χ3n) is 3.49. The zero-order chi connectivity index (χ0) is 13.3. The Balaban J connectivity index is 2.81. The minimum atomic E-state index is 0.468. The van der Waals surface area contributed by atoms with Crippen molar-refractivity contribution in [1.82, 2.24) is 0 Å². The van der Waals surface area contributed by atoms with Crippen molar-refractivity contribution in [3.63, 3.8) is 0 Å². The van der Waals surface area contributed by atoms with E-state index < -0.39 is 0 Å². The molecule has 2 rings (SSSR count). The fourth-order valence-electron chi connectivity index (χ4n) is 2.49. The summed E-state index contributed by atoms with van der Waals surface area (Å²) >= 11 is 0. The van der Waals surface area contributed by atoms with Gasteiger partial charge in [0.25, 0.3) is 0 Å². The van der Waals surface area contributed by atoms with Crippen LogP contribution in [0, 0.1) is 0 Å². The fourth-order valence-corrected chi connectivity index (χ4v) is 2.49. The number of fused-ring (bicyclic) bond motifs is 1. The largest absolute Gasteiger partial charge is 0.298 e. The molecule has 0 aliphatic heterocycles. The van der Waals surface area contributed by atoms with Gasteiger partial charge in [0.1, 0.15) is 6.29 Å². The van der Waals surface area contributed by atoms with E-state index in [-0.39, 0.29) is 0 Å². The topological polar surface area (TPSA) is 17.1 Å². The van der Waals surface area contributed by atoms with Crippen molar-refractivity contribution in [2.24, 2.45) is 0 Å². The highest BCUT2D eigenvalue weighted by Crippen LogP contribution is 2.32. The lowest BCUT2D eigenvalue weighted by Crippen LogP contribution is -1.96. The summed E-state index contributed by atoms with van der Waals surface area (Å²) in [5, 5.41) is 2.50. The second-order valence-corrected chi connectivity index (χ2v) is 5.48. The Morgan fingerprint density at radius 2 is 1.39 bits per heavy atom. The van der Waals surface area contributed by atoms with Crippen LogP contribution in [0.2, 0.25) is 0 Å². The highest BCUT2D eigenvalue weighted by atomic mass is 16.1. The Morgan fingerprint density at radius 3 is 1.89 bits per heavy atom. The molecular formula is C17H20O. The van der Waals surface area contributed by atoms with Gasteiger partial charge in [-0.2, -0.15) is 0 Å². The molecule has 0 spiro atoms. The molecule has 0 atom stereocenters. The Kier molecular flexibility index (Phi) is 3.51. The van der Waals surface area contributed by atoms with E-state index in [0.717, 1.165) is 11.8 Å². The summed E-state index contributed by atoms with van der Waals surface area (Å²) < 4.78 is 0. The van der Waals surface area contributed by atoms with E-state index in [2.05, 4.69) is 45.9 Å². The van der Waals surface area contributed by atoms with Gasteiger partial charge in [-0.3, -0.25) is 4.79 Å². The SMILES string of the molecule is CC(C)c1ccc(C(C)C)c2cc(C=O)ccc12. The maximum atomic E-state index is 11.0. The molecule has 0 fully saturated rings. The Hall–Kier alpha value is -1.63. The molecule has 0 aliphatic rings. The third kappa shape index (κ3) is 2.17. The summed E-state index contributed by atoms with van der Waals surface area (Å²) in [5.41, 5.74) is 3.43. The molecular weight excluding hydrogens is 220 g/mol. The highest BCUT2D eigenvalue weighted by molar-refractivity contribution is 5.93. The van der Waals surface area contributed by atoms with Gasteiger partial charge in [0.15, 0.2) is 0 Å². The molecule has 0 amide bonds. The van der Waals surface area contributed by atoms with Gasteiger partial charge in [0, 0.05) is 5.56 Å². The predicted molar refractivity (Wildman–Crippen MR) is 77.5 cm³/mol. The van der Waals surface area contributed by atoms with Crippen LogP contribution < -0.4 is 0 Å². The van der Waals surface area contributed by atoms with Gasteiger partial charge in [-0.1, -0.05) is 52.0 Å². The van der Waals surface area contributed by atoms with Crippen molar-refractivity contribution in [1.29, 1.82) is 0 Å². The van der Waals surface area contributed by atoms with E-state index in [0.29, 0.717) is 11.8 Å². The third-order valence-corrected chi connectivity index (χ3v) is 3.49. The maximum Gasteiger partial charge on any atom is 0.150 e. The minimum absolute atomic E-state index is 0.468. The summed E-state index contributed by atoms with van der Waals surface area (Å²) in [6.45, 7) is 8.80. The van der Waals surface area contributed by atoms with Gasteiger partial charge in [0.05, 0.1) is 0 Å². The summed E-state index contributed by atoms with van der Waals surface area (Å²) in [7, 11) is 0. The van der Waals surface area contributed by atoms with Crippen LogP contribution in [0.4, 0.5) is 0 Å². The molecule has 0 unspecified atom stereocenters. The molecule has 0 saturated carbocycles. The summed E-state index contributed by atoms with van der Waals surface area (Å²) in [6.07, 6.45) is 0.922. The number of hydrogen-bond acceptors (Lipinski definition) is 1. The Labute approximate surface area is 109 Å². The standard InChI is InChI=1S/C17H20O/c1-11(2)14-7-8-15(12(3)4)17-9-13(10-18)5-6-16(14)17/h5-12H,1-4H3. The van der Waals surface area contributed by atoms with E-state index in [9.17, 15) is 4.79 Å². The summed E-state index contributed by atoms with van der Waals surface area (Å²) in [4.78, 5) is 11.0. The van der Waals surface area contributed by atoms with Crippen molar-refractivity contribution in [2.45, 2.75) is 39.5 Å². The van der Waals surface area contributed by atoms with Crippen LogP contribution in [0.5, 0.6) is 0 Å². The van der Waals surface area contributed by atoms with E-state index in [1.54, 1.807) is 0 Å².